The van der Waals surface area contributed by atoms with Gasteiger partial charge in [-0.05, 0) is 68.0 Å². The topological polar surface area (TPSA) is 84.3 Å². The Morgan fingerprint density at radius 3 is 2.38 bits per heavy atom. The first kappa shape index (κ1) is 26.7. The number of rotatable bonds is 5. The van der Waals surface area contributed by atoms with Crippen molar-refractivity contribution in [2.75, 3.05) is 40.3 Å². The van der Waals surface area contributed by atoms with Crippen molar-refractivity contribution in [2.45, 2.75) is 24.8 Å². The Kier molecular flexibility index (Phi) is 7.32. The van der Waals surface area contributed by atoms with Crippen molar-refractivity contribution in [3.05, 3.63) is 94.8 Å². The maximum absolute atomic E-state index is 14.9. The van der Waals surface area contributed by atoms with Gasteiger partial charge in [-0.15, -0.1) is 0 Å². The summed E-state index contributed by atoms with van der Waals surface area (Å²) in [6.45, 7) is 3.26. The number of phenolic OH excluding ortho intramolecular Hbond substituents is 2. The molecular weight excluding hydrogens is 497 g/mol. The van der Waals surface area contributed by atoms with E-state index in [1.165, 1.54) is 24.3 Å². The predicted octanol–water partition coefficient (Wildman–Crippen LogP) is 4.39. The lowest BCUT2D eigenvalue weighted by atomic mass is 9.67. The van der Waals surface area contributed by atoms with Crippen molar-refractivity contribution >= 4 is 11.8 Å². The van der Waals surface area contributed by atoms with E-state index in [-0.39, 0.29) is 48.3 Å². The maximum Gasteiger partial charge on any atom is 0.320 e. The lowest BCUT2D eigenvalue weighted by Crippen LogP contribution is -2.63. The van der Waals surface area contributed by atoms with Gasteiger partial charge in [-0.1, -0.05) is 36.4 Å². The number of benzene rings is 3. The van der Waals surface area contributed by atoms with Gasteiger partial charge >= 0.3 is 6.03 Å². The monoisotopic (exact) mass is 530 g/mol. The van der Waals surface area contributed by atoms with Crippen molar-refractivity contribution in [2.24, 2.45) is 5.92 Å². The van der Waals surface area contributed by atoms with Crippen molar-refractivity contribution < 1.29 is 24.2 Å². The smallest absolute Gasteiger partial charge is 0.320 e. The maximum atomic E-state index is 14.9. The van der Waals surface area contributed by atoms with Gasteiger partial charge in [0.25, 0.3) is 0 Å². The highest BCUT2D eigenvalue weighted by Crippen LogP contribution is 2.47. The number of nitrogens with zero attached hydrogens (tertiary/aromatic N) is 3. The second kappa shape index (κ2) is 10.7. The Morgan fingerprint density at radius 1 is 0.974 bits per heavy atom. The highest BCUT2D eigenvalue weighted by molar-refractivity contribution is 5.99. The first-order chi connectivity index (χ1) is 18.7. The fourth-order valence-corrected chi connectivity index (χ4v) is 5.93. The number of likely N-dealkylation sites (N-methyl/N-ethyl adjacent to an activating group) is 1. The molecule has 5 rings (SSSR count). The standard InChI is InChI=1S/C31H33FN3O4/c1-19-23(11-7-12-27(19)32)29-25(24-10-4-5-13-28(24)37)17-35(31(39)34-15-21(16-34)33(2)3)18-26(29)30(38)20-8-6-9-22(36)14-20/h4,6-14,21,25-26,29,36-37H,15-18H2,1-3H3/t25-,26+,29-/m1/s1. The molecule has 3 aromatic carbocycles. The number of ketones is 1. The molecule has 0 bridgehead atoms. The molecule has 3 aromatic rings. The third-order valence-corrected chi connectivity index (χ3v) is 8.25. The average molecular weight is 531 g/mol. The summed E-state index contributed by atoms with van der Waals surface area (Å²) in [5.41, 5.74) is 1.98. The predicted molar refractivity (Wildman–Crippen MR) is 146 cm³/mol. The van der Waals surface area contributed by atoms with Crippen LogP contribution in [0.2, 0.25) is 0 Å². The number of carbonyl (C=O) groups excluding carboxylic acids is 2. The van der Waals surface area contributed by atoms with E-state index >= 15 is 0 Å². The van der Waals surface area contributed by atoms with Gasteiger partial charge < -0.3 is 24.9 Å². The Labute approximate surface area is 228 Å². The van der Waals surface area contributed by atoms with Gasteiger partial charge in [-0.25, -0.2) is 9.18 Å². The van der Waals surface area contributed by atoms with E-state index in [0.717, 1.165) is 0 Å². The molecule has 203 valence electrons. The zero-order valence-electron chi connectivity index (χ0n) is 22.3. The number of carbonyl (C=O) groups is 2. The number of phenols is 2. The molecule has 2 aliphatic heterocycles. The molecule has 0 saturated carbocycles. The van der Waals surface area contributed by atoms with Crippen LogP contribution < -0.4 is 0 Å². The molecule has 1 radical (unpaired) electrons. The average Bonchev–Trinajstić information content (AvgIpc) is 2.88. The quantitative estimate of drug-likeness (QED) is 0.478. The third kappa shape index (κ3) is 5.08. The Bertz CT molecular complexity index is 1390. The highest BCUT2D eigenvalue weighted by atomic mass is 19.1. The van der Waals surface area contributed by atoms with Gasteiger partial charge in [-0.2, -0.15) is 0 Å². The fraction of sp³-hybridized carbons (Fsp3) is 0.355. The first-order valence-corrected chi connectivity index (χ1v) is 13.1. The summed E-state index contributed by atoms with van der Waals surface area (Å²) in [6.07, 6.45) is 0. The van der Waals surface area contributed by atoms with E-state index in [9.17, 15) is 24.2 Å². The number of Topliss-reactive ketones (excluding diaryl/α,β-unsaturated/α-hetero) is 1. The van der Waals surface area contributed by atoms with Crippen LogP contribution in [0.5, 0.6) is 11.5 Å². The normalized spacial score (nSPS) is 21.6. The molecule has 2 amide bonds. The van der Waals surface area contributed by atoms with Gasteiger partial charge in [0, 0.05) is 55.5 Å². The lowest BCUT2D eigenvalue weighted by molar-refractivity contribution is 0.0489. The minimum Gasteiger partial charge on any atom is -0.508 e. The third-order valence-electron chi connectivity index (χ3n) is 8.25. The van der Waals surface area contributed by atoms with E-state index in [0.29, 0.717) is 35.3 Å². The zero-order chi connectivity index (χ0) is 27.8. The van der Waals surface area contributed by atoms with Crippen LogP contribution in [0.3, 0.4) is 0 Å². The molecule has 39 heavy (non-hydrogen) atoms. The van der Waals surface area contributed by atoms with Gasteiger partial charge in [0.1, 0.15) is 17.3 Å². The summed E-state index contributed by atoms with van der Waals surface area (Å²) in [4.78, 5) is 33.3. The summed E-state index contributed by atoms with van der Waals surface area (Å²) in [6, 6.07) is 18.9. The summed E-state index contributed by atoms with van der Waals surface area (Å²) in [5, 5.41) is 21.0. The van der Waals surface area contributed by atoms with E-state index in [1.807, 2.05) is 20.2 Å². The summed E-state index contributed by atoms with van der Waals surface area (Å²) >= 11 is 0. The van der Waals surface area contributed by atoms with Crippen molar-refractivity contribution in [3.63, 3.8) is 0 Å². The number of likely N-dealkylation sites (tertiary alicyclic amines) is 2. The molecule has 3 atom stereocenters. The van der Waals surface area contributed by atoms with Crippen LogP contribution in [0.4, 0.5) is 9.18 Å². The van der Waals surface area contributed by atoms with Crippen LogP contribution >= 0.6 is 0 Å². The molecular formula is C31H33FN3O4. The van der Waals surface area contributed by atoms with Gasteiger partial charge in [0.15, 0.2) is 5.78 Å². The Morgan fingerprint density at radius 2 is 1.69 bits per heavy atom. The van der Waals surface area contributed by atoms with E-state index in [4.69, 9.17) is 0 Å². The fourth-order valence-electron chi connectivity index (χ4n) is 5.93. The van der Waals surface area contributed by atoms with Gasteiger partial charge in [-0.3, -0.25) is 4.79 Å². The number of piperidine rings is 1. The van der Waals surface area contributed by atoms with E-state index in [2.05, 4.69) is 11.0 Å². The number of hydrogen-bond acceptors (Lipinski definition) is 5. The summed E-state index contributed by atoms with van der Waals surface area (Å²) < 4.78 is 14.9. The largest absolute Gasteiger partial charge is 0.508 e. The summed E-state index contributed by atoms with van der Waals surface area (Å²) in [5.74, 6) is -2.42. The second-order valence-electron chi connectivity index (χ2n) is 10.8. The zero-order valence-corrected chi connectivity index (χ0v) is 22.3. The minimum atomic E-state index is -0.746. The van der Waals surface area contributed by atoms with Crippen LogP contribution in [0.1, 0.15) is 38.9 Å². The molecule has 0 aromatic heterocycles. The Hall–Kier alpha value is -3.91. The van der Waals surface area contributed by atoms with Crippen LogP contribution in [0, 0.1) is 24.7 Å². The highest BCUT2D eigenvalue weighted by Gasteiger charge is 2.47. The molecule has 0 spiro atoms. The first-order valence-electron chi connectivity index (χ1n) is 13.1. The number of halogens is 1. The second-order valence-corrected chi connectivity index (χ2v) is 10.8. The lowest BCUT2D eigenvalue weighted by Gasteiger charge is -2.49. The number of urea groups is 1. The molecule has 7 nitrogen and oxygen atoms in total. The molecule has 8 heteroatoms. The van der Waals surface area contributed by atoms with E-state index < -0.39 is 17.8 Å². The van der Waals surface area contributed by atoms with E-state index in [1.54, 1.807) is 47.1 Å². The Balaban J connectivity index is 1.61. The van der Waals surface area contributed by atoms with Crippen molar-refractivity contribution in [1.29, 1.82) is 0 Å². The minimum absolute atomic E-state index is 0.0102. The molecule has 2 saturated heterocycles. The molecule has 2 fully saturated rings. The van der Waals surface area contributed by atoms with Crippen molar-refractivity contribution in [3.8, 4) is 11.5 Å². The van der Waals surface area contributed by atoms with Crippen molar-refractivity contribution in [1.82, 2.24) is 14.7 Å². The number of amides is 2. The van der Waals surface area contributed by atoms with Crippen LogP contribution in [-0.4, -0.2) is 83.0 Å². The molecule has 2 heterocycles. The molecule has 0 aliphatic carbocycles. The SMILES string of the molecule is Cc1c(F)cccc1[C@H]1[C@@H](C(=O)c2cccc(O)c2)CN(C(=O)N2CC(N(C)C)C2)C[C@@H]1c1cc[c]cc1O. The van der Waals surface area contributed by atoms with Gasteiger partial charge in [0.05, 0.1) is 0 Å². The van der Waals surface area contributed by atoms with Crippen LogP contribution in [-0.2, 0) is 0 Å². The van der Waals surface area contributed by atoms with Gasteiger partial charge in [0.2, 0.25) is 0 Å². The van der Waals surface area contributed by atoms with Crippen LogP contribution in [0.25, 0.3) is 0 Å². The molecule has 2 N–H and O–H groups in total. The number of hydrogen-bond donors (Lipinski definition) is 2. The molecule has 0 unspecified atom stereocenters. The number of aromatic hydroxyl groups is 2. The molecule has 2 aliphatic rings. The summed E-state index contributed by atoms with van der Waals surface area (Å²) in [7, 11) is 3.96. The van der Waals surface area contributed by atoms with Crippen LogP contribution in [0.15, 0.2) is 60.7 Å².